The first-order chi connectivity index (χ1) is 12.1. The summed E-state index contributed by atoms with van der Waals surface area (Å²) in [6.45, 7) is 2.56. The Hall–Kier alpha value is -1.99. The molecule has 0 aliphatic rings. The molecule has 0 aliphatic heterocycles. The number of rotatable bonds is 8. The fourth-order valence-electron chi connectivity index (χ4n) is 2.54. The molecular formula is C17H20ClN5OS. The van der Waals surface area contributed by atoms with Crippen LogP contribution in [0.15, 0.2) is 24.3 Å². The third kappa shape index (κ3) is 4.99. The predicted molar refractivity (Wildman–Crippen MR) is 99.1 cm³/mol. The Labute approximate surface area is 155 Å². The van der Waals surface area contributed by atoms with E-state index in [1.165, 1.54) is 16.9 Å². The number of nitrogens with one attached hydrogen (secondary N) is 1. The average Bonchev–Trinajstić information content (AvgIpc) is 3.15. The molecule has 6 nitrogen and oxygen atoms in total. The highest BCUT2D eigenvalue weighted by molar-refractivity contribution is 7.16. The molecule has 3 rings (SSSR count). The summed E-state index contributed by atoms with van der Waals surface area (Å²) in [5.41, 5.74) is 1.23. The summed E-state index contributed by atoms with van der Waals surface area (Å²) in [7, 11) is 0. The number of aryl methyl sites for hydroxylation is 3. The highest BCUT2D eigenvalue weighted by atomic mass is 35.5. The molecule has 1 N–H and O–H groups in total. The van der Waals surface area contributed by atoms with E-state index in [4.69, 9.17) is 11.6 Å². The monoisotopic (exact) mass is 377 g/mol. The Morgan fingerprint density at radius 3 is 2.96 bits per heavy atom. The Balaban J connectivity index is 1.32. The maximum Gasteiger partial charge on any atom is 0.234 e. The summed E-state index contributed by atoms with van der Waals surface area (Å²) in [6.07, 6.45) is 4.02. The molecule has 2 heterocycles. The second kappa shape index (κ2) is 8.40. The highest BCUT2D eigenvalue weighted by Gasteiger charge is 2.10. The number of benzene rings is 1. The van der Waals surface area contributed by atoms with E-state index in [0.717, 1.165) is 40.1 Å². The number of carbonyl (C=O) groups is 1. The van der Waals surface area contributed by atoms with Crippen LogP contribution in [0.5, 0.6) is 0 Å². The number of carbonyl (C=O) groups excluding carboxylic acids is 1. The zero-order valence-corrected chi connectivity index (χ0v) is 15.6. The van der Waals surface area contributed by atoms with E-state index in [-0.39, 0.29) is 5.91 Å². The number of fused-ring (bicyclic) bond motifs is 1. The van der Waals surface area contributed by atoms with Gasteiger partial charge in [-0.3, -0.25) is 4.79 Å². The Morgan fingerprint density at radius 1 is 1.28 bits per heavy atom. The highest BCUT2D eigenvalue weighted by Crippen LogP contribution is 2.15. The third-order valence-corrected chi connectivity index (χ3v) is 5.05. The summed E-state index contributed by atoms with van der Waals surface area (Å²) in [5.74, 6) is 0.826. The van der Waals surface area contributed by atoms with Crippen molar-refractivity contribution in [2.75, 3.05) is 6.54 Å². The molecule has 3 aromatic rings. The van der Waals surface area contributed by atoms with Gasteiger partial charge in [0.1, 0.15) is 5.01 Å². The molecule has 0 saturated carbocycles. The van der Waals surface area contributed by atoms with Gasteiger partial charge in [0.2, 0.25) is 10.9 Å². The number of hydrogen-bond acceptors (Lipinski definition) is 5. The molecule has 0 radical (unpaired) electrons. The van der Waals surface area contributed by atoms with Gasteiger partial charge in [0.25, 0.3) is 0 Å². The lowest BCUT2D eigenvalue weighted by molar-refractivity contribution is -0.121. The summed E-state index contributed by atoms with van der Waals surface area (Å²) in [6, 6.07) is 7.91. The van der Waals surface area contributed by atoms with Crippen LogP contribution in [0.4, 0.5) is 0 Å². The van der Waals surface area contributed by atoms with Crippen molar-refractivity contribution in [1.82, 2.24) is 25.1 Å². The van der Waals surface area contributed by atoms with Crippen molar-refractivity contribution in [3.8, 4) is 0 Å². The summed E-state index contributed by atoms with van der Waals surface area (Å²) in [4.78, 5) is 12.7. The number of unbranched alkanes of at least 4 members (excludes halogenated alkanes) is 1. The maximum absolute atomic E-state index is 11.9. The molecule has 132 valence electrons. The van der Waals surface area contributed by atoms with Gasteiger partial charge < -0.3 is 5.32 Å². The van der Waals surface area contributed by atoms with Crippen LogP contribution >= 0.6 is 22.9 Å². The molecule has 0 unspecified atom stereocenters. The standard InChI is InChI=1S/C17H20ClN5OS/c1-12-20-21-17-23(12)22-16(25-17)9-8-15(24)19-10-3-2-5-13-6-4-7-14(18)11-13/h4,6-7,11H,2-3,5,8-10H2,1H3,(H,19,24). The largest absolute Gasteiger partial charge is 0.356 e. The second-order valence-electron chi connectivity index (χ2n) is 5.87. The fourth-order valence-corrected chi connectivity index (χ4v) is 3.63. The van der Waals surface area contributed by atoms with E-state index in [2.05, 4.69) is 26.7 Å². The van der Waals surface area contributed by atoms with Crippen LogP contribution in [0.25, 0.3) is 4.96 Å². The van der Waals surface area contributed by atoms with Crippen molar-refractivity contribution in [2.45, 2.75) is 39.0 Å². The smallest absolute Gasteiger partial charge is 0.234 e. The van der Waals surface area contributed by atoms with Crippen LogP contribution < -0.4 is 5.32 Å². The van der Waals surface area contributed by atoms with Crippen molar-refractivity contribution >= 4 is 33.8 Å². The van der Waals surface area contributed by atoms with Crippen LogP contribution in [0.2, 0.25) is 5.02 Å². The summed E-state index contributed by atoms with van der Waals surface area (Å²) < 4.78 is 1.72. The zero-order chi connectivity index (χ0) is 17.6. The Morgan fingerprint density at radius 2 is 2.16 bits per heavy atom. The number of amides is 1. The molecule has 0 aliphatic carbocycles. The predicted octanol–water partition coefficient (Wildman–Crippen LogP) is 3.22. The molecule has 8 heteroatoms. The van der Waals surface area contributed by atoms with Gasteiger partial charge in [-0.15, -0.1) is 10.2 Å². The normalized spacial score (nSPS) is 11.1. The summed E-state index contributed by atoms with van der Waals surface area (Å²) >= 11 is 7.45. The van der Waals surface area contributed by atoms with Crippen molar-refractivity contribution in [3.63, 3.8) is 0 Å². The minimum atomic E-state index is 0.0606. The number of hydrogen-bond donors (Lipinski definition) is 1. The first-order valence-electron chi connectivity index (χ1n) is 8.30. The Kier molecular flexibility index (Phi) is 5.99. The van der Waals surface area contributed by atoms with Gasteiger partial charge in [-0.1, -0.05) is 35.1 Å². The second-order valence-corrected chi connectivity index (χ2v) is 7.35. The fraction of sp³-hybridized carbons (Fsp3) is 0.412. The zero-order valence-electron chi connectivity index (χ0n) is 14.0. The van der Waals surface area contributed by atoms with Gasteiger partial charge in [-0.05, 0) is 43.9 Å². The van der Waals surface area contributed by atoms with Crippen molar-refractivity contribution in [2.24, 2.45) is 0 Å². The first kappa shape index (κ1) is 17.8. The number of halogens is 1. The van der Waals surface area contributed by atoms with Crippen LogP contribution in [-0.2, 0) is 17.6 Å². The SMILES string of the molecule is Cc1nnc2sc(CCC(=O)NCCCCc3cccc(Cl)c3)nn12. The van der Waals surface area contributed by atoms with E-state index in [0.29, 0.717) is 19.4 Å². The van der Waals surface area contributed by atoms with Crippen LogP contribution in [-0.4, -0.2) is 32.3 Å². The molecule has 0 bridgehead atoms. The molecule has 2 aromatic heterocycles. The van der Waals surface area contributed by atoms with Crippen LogP contribution in [0.3, 0.4) is 0 Å². The summed E-state index contributed by atoms with van der Waals surface area (Å²) in [5, 5.41) is 17.0. The molecule has 0 fully saturated rings. The molecule has 1 amide bonds. The van der Waals surface area contributed by atoms with Crippen LogP contribution in [0, 0.1) is 6.92 Å². The molecule has 0 saturated heterocycles. The quantitative estimate of drug-likeness (QED) is 0.612. The lowest BCUT2D eigenvalue weighted by Crippen LogP contribution is -2.24. The lowest BCUT2D eigenvalue weighted by atomic mass is 10.1. The molecule has 25 heavy (non-hydrogen) atoms. The number of nitrogens with zero attached hydrogens (tertiary/aromatic N) is 4. The van der Waals surface area contributed by atoms with Gasteiger partial charge in [-0.25, -0.2) is 0 Å². The Bertz CT molecular complexity index is 860. The van der Waals surface area contributed by atoms with Crippen LogP contribution in [0.1, 0.15) is 35.7 Å². The van der Waals surface area contributed by atoms with Crippen molar-refractivity contribution in [1.29, 1.82) is 0 Å². The van der Waals surface area contributed by atoms with Crippen molar-refractivity contribution < 1.29 is 4.79 Å². The molecular weight excluding hydrogens is 358 g/mol. The average molecular weight is 378 g/mol. The van der Waals surface area contributed by atoms with Gasteiger partial charge in [0.15, 0.2) is 5.82 Å². The molecule has 1 aromatic carbocycles. The lowest BCUT2D eigenvalue weighted by Gasteiger charge is -2.05. The van der Waals surface area contributed by atoms with Gasteiger partial charge in [-0.2, -0.15) is 9.61 Å². The first-order valence-corrected chi connectivity index (χ1v) is 9.50. The van der Waals surface area contributed by atoms with E-state index >= 15 is 0 Å². The van der Waals surface area contributed by atoms with E-state index in [9.17, 15) is 4.79 Å². The molecule has 0 atom stereocenters. The van der Waals surface area contributed by atoms with Gasteiger partial charge in [0, 0.05) is 24.4 Å². The minimum Gasteiger partial charge on any atom is -0.356 e. The maximum atomic E-state index is 11.9. The number of aromatic nitrogens is 4. The van der Waals surface area contributed by atoms with E-state index < -0.39 is 0 Å². The third-order valence-electron chi connectivity index (χ3n) is 3.86. The minimum absolute atomic E-state index is 0.0606. The van der Waals surface area contributed by atoms with Crippen molar-refractivity contribution in [3.05, 3.63) is 45.7 Å². The topological polar surface area (TPSA) is 72.2 Å². The van der Waals surface area contributed by atoms with Gasteiger partial charge >= 0.3 is 0 Å². The van der Waals surface area contributed by atoms with E-state index in [1.54, 1.807) is 4.52 Å². The van der Waals surface area contributed by atoms with E-state index in [1.807, 2.05) is 25.1 Å². The van der Waals surface area contributed by atoms with Gasteiger partial charge in [0.05, 0.1) is 0 Å². The molecule has 0 spiro atoms.